The standard InChI is InChI=1S/C13H13FO2/c14-9-4-5-10-11(7-9)13(15)16-12(10)6-3-8-1-2-8/h4-5,7-8,12H,1-3,6H2. The van der Waals surface area contributed by atoms with Gasteiger partial charge in [0.2, 0.25) is 0 Å². The van der Waals surface area contributed by atoms with Crippen molar-refractivity contribution in [3.8, 4) is 0 Å². The lowest BCUT2D eigenvalue weighted by Gasteiger charge is -2.09. The number of cyclic esters (lactones) is 1. The molecule has 1 unspecified atom stereocenters. The minimum atomic E-state index is -0.379. The van der Waals surface area contributed by atoms with Gasteiger partial charge in [0, 0.05) is 5.56 Å². The number of hydrogen-bond acceptors (Lipinski definition) is 2. The Hall–Kier alpha value is -1.38. The predicted molar refractivity (Wildman–Crippen MR) is 56.5 cm³/mol. The molecule has 1 atom stereocenters. The highest BCUT2D eigenvalue weighted by molar-refractivity contribution is 5.94. The van der Waals surface area contributed by atoms with Crippen molar-refractivity contribution in [3.63, 3.8) is 0 Å². The van der Waals surface area contributed by atoms with E-state index in [1.54, 1.807) is 6.07 Å². The molecule has 2 nitrogen and oxygen atoms in total. The van der Waals surface area contributed by atoms with Crippen LogP contribution in [0, 0.1) is 11.7 Å². The molecule has 0 amide bonds. The zero-order chi connectivity index (χ0) is 11.1. The van der Waals surface area contributed by atoms with E-state index in [1.807, 2.05) is 0 Å². The molecule has 0 aromatic heterocycles. The lowest BCUT2D eigenvalue weighted by atomic mass is 10.0. The number of hydrogen-bond donors (Lipinski definition) is 0. The Labute approximate surface area is 93.4 Å². The molecule has 84 valence electrons. The van der Waals surface area contributed by atoms with Crippen LogP contribution in [0.1, 0.15) is 47.7 Å². The van der Waals surface area contributed by atoms with Gasteiger partial charge in [-0.05, 0) is 30.9 Å². The maximum absolute atomic E-state index is 13.0. The second-order valence-corrected chi connectivity index (χ2v) is 4.65. The van der Waals surface area contributed by atoms with Crippen LogP contribution in [0.2, 0.25) is 0 Å². The summed E-state index contributed by atoms with van der Waals surface area (Å²) < 4.78 is 18.2. The Morgan fingerprint density at radius 1 is 1.31 bits per heavy atom. The molecule has 2 aliphatic rings. The van der Waals surface area contributed by atoms with Gasteiger partial charge in [-0.1, -0.05) is 18.9 Å². The minimum Gasteiger partial charge on any atom is -0.454 e. The second-order valence-electron chi connectivity index (χ2n) is 4.65. The number of halogens is 1. The molecule has 1 aromatic rings. The SMILES string of the molecule is O=C1OC(CCC2CC2)c2ccc(F)cc21. The molecule has 0 N–H and O–H groups in total. The number of carbonyl (C=O) groups excluding carboxylic acids is 1. The molecule has 0 saturated heterocycles. The Kier molecular flexibility index (Phi) is 2.20. The van der Waals surface area contributed by atoms with E-state index in [0.29, 0.717) is 5.56 Å². The topological polar surface area (TPSA) is 26.3 Å². The predicted octanol–water partition coefficient (Wildman–Crippen LogP) is 3.23. The summed E-state index contributed by atoms with van der Waals surface area (Å²) in [5, 5.41) is 0. The van der Waals surface area contributed by atoms with Gasteiger partial charge in [-0.2, -0.15) is 0 Å². The van der Waals surface area contributed by atoms with Crippen LogP contribution in [-0.4, -0.2) is 5.97 Å². The zero-order valence-electron chi connectivity index (χ0n) is 8.91. The van der Waals surface area contributed by atoms with Crippen molar-refractivity contribution < 1.29 is 13.9 Å². The van der Waals surface area contributed by atoms with E-state index >= 15 is 0 Å². The summed E-state index contributed by atoms with van der Waals surface area (Å²) in [5.41, 5.74) is 1.26. The largest absolute Gasteiger partial charge is 0.454 e. The lowest BCUT2D eigenvalue weighted by molar-refractivity contribution is 0.0361. The summed E-state index contributed by atoms with van der Waals surface area (Å²) in [6.07, 6.45) is 4.43. The van der Waals surface area contributed by atoms with Crippen molar-refractivity contribution in [2.75, 3.05) is 0 Å². The van der Waals surface area contributed by atoms with Gasteiger partial charge in [0.15, 0.2) is 0 Å². The van der Waals surface area contributed by atoms with Crippen molar-refractivity contribution in [2.45, 2.75) is 31.8 Å². The second kappa shape index (κ2) is 3.58. The molecule has 3 rings (SSSR count). The summed E-state index contributed by atoms with van der Waals surface area (Å²) in [6, 6.07) is 4.34. The van der Waals surface area contributed by atoms with Crippen LogP contribution in [-0.2, 0) is 4.74 Å². The zero-order valence-corrected chi connectivity index (χ0v) is 8.91. The third kappa shape index (κ3) is 1.70. The number of rotatable bonds is 3. The normalized spacial score (nSPS) is 23.1. The number of esters is 1. The van der Waals surface area contributed by atoms with Crippen LogP contribution < -0.4 is 0 Å². The first-order chi connectivity index (χ1) is 7.74. The fraction of sp³-hybridized carbons (Fsp3) is 0.462. The van der Waals surface area contributed by atoms with E-state index in [4.69, 9.17) is 4.74 Å². The quantitative estimate of drug-likeness (QED) is 0.731. The smallest absolute Gasteiger partial charge is 0.339 e. The average molecular weight is 220 g/mol. The molecule has 3 heteroatoms. The highest BCUT2D eigenvalue weighted by atomic mass is 19.1. The van der Waals surface area contributed by atoms with Crippen molar-refractivity contribution >= 4 is 5.97 Å². The maximum Gasteiger partial charge on any atom is 0.339 e. The van der Waals surface area contributed by atoms with Crippen molar-refractivity contribution in [1.82, 2.24) is 0 Å². The van der Waals surface area contributed by atoms with E-state index in [0.717, 1.165) is 24.3 Å². The molecule has 0 radical (unpaired) electrons. The van der Waals surface area contributed by atoms with Crippen molar-refractivity contribution in [1.29, 1.82) is 0 Å². The van der Waals surface area contributed by atoms with Gasteiger partial charge in [-0.3, -0.25) is 0 Å². The summed E-state index contributed by atoms with van der Waals surface area (Å²) in [7, 11) is 0. The lowest BCUT2D eigenvalue weighted by Crippen LogP contribution is -1.99. The molecular weight excluding hydrogens is 207 g/mol. The molecule has 1 fully saturated rings. The van der Waals surface area contributed by atoms with Crippen molar-refractivity contribution in [3.05, 3.63) is 35.1 Å². The number of carbonyl (C=O) groups is 1. The fourth-order valence-corrected chi connectivity index (χ4v) is 2.25. The minimum absolute atomic E-state index is 0.149. The van der Waals surface area contributed by atoms with Gasteiger partial charge >= 0.3 is 5.97 Å². The van der Waals surface area contributed by atoms with Crippen molar-refractivity contribution in [2.24, 2.45) is 5.92 Å². The van der Waals surface area contributed by atoms with Crippen LogP contribution >= 0.6 is 0 Å². The first kappa shape index (κ1) is 9.82. The first-order valence-corrected chi connectivity index (χ1v) is 5.74. The molecule has 1 saturated carbocycles. The Bertz CT molecular complexity index is 438. The number of fused-ring (bicyclic) bond motifs is 1. The van der Waals surface area contributed by atoms with Gasteiger partial charge in [0.1, 0.15) is 11.9 Å². The molecule has 0 spiro atoms. The molecule has 1 heterocycles. The highest BCUT2D eigenvalue weighted by Crippen LogP contribution is 2.40. The Morgan fingerprint density at radius 2 is 2.12 bits per heavy atom. The van der Waals surface area contributed by atoms with Crippen LogP contribution in [0.3, 0.4) is 0 Å². The molecule has 1 aliphatic carbocycles. The average Bonchev–Trinajstić information content (AvgIpc) is 3.03. The summed E-state index contributed by atoms with van der Waals surface area (Å²) >= 11 is 0. The van der Waals surface area contributed by atoms with E-state index < -0.39 is 0 Å². The molecule has 1 aromatic carbocycles. The van der Waals surface area contributed by atoms with Crippen LogP contribution in [0.5, 0.6) is 0 Å². The Balaban J connectivity index is 1.80. The van der Waals surface area contributed by atoms with Gasteiger partial charge in [-0.15, -0.1) is 0 Å². The third-order valence-corrected chi connectivity index (χ3v) is 3.37. The van der Waals surface area contributed by atoms with E-state index in [-0.39, 0.29) is 17.9 Å². The monoisotopic (exact) mass is 220 g/mol. The van der Waals surface area contributed by atoms with Gasteiger partial charge in [-0.25, -0.2) is 9.18 Å². The van der Waals surface area contributed by atoms with Crippen LogP contribution in [0.15, 0.2) is 18.2 Å². The van der Waals surface area contributed by atoms with Gasteiger partial charge in [0.25, 0.3) is 0 Å². The van der Waals surface area contributed by atoms with Crippen LogP contribution in [0.4, 0.5) is 4.39 Å². The van der Waals surface area contributed by atoms with Gasteiger partial charge < -0.3 is 4.74 Å². The molecule has 1 aliphatic heterocycles. The molecular formula is C13H13FO2. The molecule has 0 bridgehead atoms. The summed E-state index contributed by atoms with van der Waals surface area (Å²) in [6.45, 7) is 0. The van der Waals surface area contributed by atoms with Gasteiger partial charge in [0.05, 0.1) is 5.56 Å². The first-order valence-electron chi connectivity index (χ1n) is 5.74. The molecule has 16 heavy (non-hydrogen) atoms. The van der Waals surface area contributed by atoms with E-state index in [1.165, 1.54) is 25.0 Å². The highest BCUT2D eigenvalue weighted by Gasteiger charge is 2.32. The number of benzene rings is 1. The van der Waals surface area contributed by atoms with Crippen LogP contribution in [0.25, 0.3) is 0 Å². The third-order valence-electron chi connectivity index (χ3n) is 3.37. The van der Waals surface area contributed by atoms with E-state index in [9.17, 15) is 9.18 Å². The summed E-state index contributed by atoms with van der Waals surface area (Å²) in [4.78, 5) is 11.5. The Morgan fingerprint density at radius 3 is 2.88 bits per heavy atom. The fourth-order valence-electron chi connectivity index (χ4n) is 2.25. The summed E-state index contributed by atoms with van der Waals surface area (Å²) in [5.74, 6) is 0.0667. The number of ether oxygens (including phenoxy) is 1. The van der Waals surface area contributed by atoms with E-state index in [2.05, 4.69) is 0 Å². The maximum atomic E-state index is 13.0.